The number of nitrogens with two attached hydrogens (primary N) is 1. The van der Waals surface area contributed by atoms with E-state index in [4.69, 9.17) is 10.9 Å². The third kappa shape index (κ3) is 4.64. The number of aliphatic hydroxyl groups is 1. The number of carboxylic acids is 1. The molecule has 7 heteroatoms. The number of nitrogens with zero attached hydrogens (tertiary/aromatic N) is 2. The summed E-state index contributed by atoms with van der Waals surface area (Å²) in [5.41, 5.74) is 0.913. The number of aliphatic carboxylic acids is 1. The minimum absolute atomic E-state index is 0.0864. The van der Waals surface area contributed by atoms with Crippen LogP contribution in [0.5, 0.6) is 0 Å². The first-order valence-corrected chi connectivity index (χ1v) is 8.39. The van der Waals surface area contributed by atoms with Crippen molar-refractivity contribution in [1.82, 2.24) is 4.98 Å². The molecule has 0 saturated carbocycles. The highest BCUT2D eigenvalue weighted by Crippen LogP contribution is 2.27. The topological polar surface area (TPSA) is 99.7 Å². The van der Waals surface area contributed by atoms with Crippen LogP contribution in [0.1, 0.15) is 32.6 Å². The van der Waals surface area contributed by atoms with Gasteiger partial charge in [0.2, 0.25) is 0 Å². The van der Waals surface area contributed by atoms with Crippen molar-refractivity contribution in [3.8, 4) is 0 Å². The molecule has 6 nitrogen and oxygen atoms in total. The van der Waals surface area contributed by atoms with Crippen LogP contribution in [-0.2, 0) is 4.79 Å². The summed E-state index contributed by atoms with van der Waals surface area (Å²) in [6.07, 6.45) is 4.00. The summed E-state index contributed by atoms with van der Waals surface area (Å²) in [5.74, 6) is 4.95. The molecule has 136 valence electrons. The summed E-state index contributed by atoms with van der Waals surface area (Å²) in [6.45, 7) is 2.10. The molecule has 0 spiro atoms. The van der Waals surface area contributed by atoms with Gasteiger partial charge in [0.05, 0.1) is 11.2 Å². The molecule has 1 aromatic heterocycles. The minimum atomic E-state index is -1.02. The van der Waals surface area contributed by atoms with Gasteiger partial charge in [-0.15, -0.1) is 0 Å². The second-order valence-corrected chi connectivity index (χ2v) is 6.12. The molecular formula is C18H24FN3O3. The third-order valence-corrected chi connectivity index (χ3v) is 4.54. The number of benzene rings is 1. The predicted molar refractivity (Wildman–Crippen MR) is 94.5 cm³/mol. The van der Waals surface area contributed by atoms with Gasteiger partial charge in [0.15, 0.2) is 0 Å². The van der Waals surface area contributed by atoms with E-state index in [0.717, 1.165) is 6.42 Å². The first kappa shape index (κ1) is 19.1. The van der Waals surface area contributed by atoms with Crippen molar-refractivity contribution < 1.29 is 19.4 Å². The van der Waals surface area contributed by atoms with Crippen molar-refractivity contribution in [2.75, 3.05) is 11.6 Å². The zero-order valence-electron chi connectivity index (χ0n) is 14.2. The average molecular weight is 349 g/mol. The molecule has 0 radical (unpaired) electrons. The Labute approximate surface area is 146 Å². The number of pyridine rings is 1. The summed E-state index contributed by atoms with van der Waals surface area (Å²) >= 11 is 0. The number of fused-ring (bicyclic) bond motifs is 1. The normalized spacial score (nSPS) is 13.6. The number of rotatable bonds is 9. The van der Waals surface area contributed by atoms with Crippen LogP contribution in [-0.4, -0.2) is 33.8 Å². The highest BCUT2D eigenvalue weighted by molar-refractivity contribution is 5.93. The number of carbonyl (C=O) groups is 1. The number of hydrogen-bond acceptors (Lipinski definition) is 5. The molecule has 0 aliphatic rings. The predicted octanol–water partition coefficient (Wildman–Crippen LogP) is 2.70. The number of aliphatic hydroxyl groups excluding tert-OH is 1. The lowest BCUT2D eigenvalue weighted by molar-refractivity contribution is -0.138. The number of aromatic nitrogens is 1. The van der Waals surface area contributed by atoms with Crippen molar-refractivity contribution in [1.29, 1.82) is 0 Å². The van der Waals surface area contributed by atoms with E-state index in [0.29, 0.717) is 35.9 Å². The Bertz CT molecular complexity index is 726. The van der Waals surface area contributed by atoms with Crippen molar-refractivity contribution >= 4 is 22.6 Å². The van der Waals surface area contributed by atoms with Crippen LogP contribution >= 0.6 is 0 Å². The Hall–Kier alpha value is -2.25. The quantitative estimate of drug-likeness (QED) is 0.475. The summed E-state index contributed by atoms with van der Waals surface area (Å²) in [6, 6.07) is 4.85. The Balaban J connectivity index is 2.25. The van der Waals surface area contributed by atoms with Crippen molar-refractivity contribution in [3.63, 3.8) is 0 Å². The Kier molecular flexibility index (Phi) is 6.66. The number of anilines is 1. The third-order valence-electron chi connectivity index (χ3n) is 4.54. The van der Waals surface area contributed by atoms with Gasteiger partial charge in [0.1, 0.15) is 11.9 Å². The van der Waals surface area contributed by atoms with E-state index in [1.54, 1.807) is 12.1 Å². The second-order valence-electron chi connectivity index (χ2n) is 6.12. The Morgan fingerprint density at radius 2 is 2.08 bits per heavy atom. The van der Waals surface area contributed by atoms with Gasteiger partial charge in [0.25, 0.3) is 0 Å². The van der Waals surface area contributed by atoms with E-state index in [9.17, 15) is 14.3 Å². The Morgan fingerprint density at radius 1 is 1.32 bits per heavy atom. The fourth-order valence-electron chi connectivity index (χ4n) is 3.01. The molecule has 0 amide bonds. The first-order valence-electron chi connectivity index (χ1n) is 8.39. The monoisotopic (exact) mass is 349 g/mol. The zero-order chi connectivity index (χ0) is 18.4. The fourth-order valence-corrected chi connectivity index (χ4v) is 3.01. The molecule has 0 fully saturated rings. The number of hydrogen-bond donors (Lipinski definition) is 3. The molecule has 0 aliphatic heterocycles. The summed E-state index contributed by atoms with van der Waals surface area (Å²) < 4.78 is 13.4. The van der Waals surface area contributed by atoms with Crippen LogP contribution in [0.3, 0.4) is 0 Å². The van der Waals surface area contributed by atoms with Crippen molar-refractivity contribution in [3.05, 3.63) is 36.3 Å². The van der Waals surface area contributed by atoms with E-state index in [-0.39, 0.29) is 12.5 Å². The van der Waals surface area contributed by atoms with Crippen molar-refractivity contribution in [2.45, 2.75) is 38.6 Å². The lowest BCUT2D eigenvalue weighted by Crippen LogP contribution is -2.46. The van der Waals surface area contributed by atoms with E-state index < -0.39 is 17.8 Å². The van der Waals surface area contributed by atoms with Crippen molar-refractivity contribution in [2.24, 2.45) is 11.8 Å². The van der Waals surface area contributed by atoms with Crippen LogP contribution in [0, 0.1) is 11.7 Å². The van der Waals surface area contributed by atoms with E-state index >= 15 is 0 Å². The van der Waals surface area contributed by atoms with Crippen LogP contribution in [0.15, 0.2) is 30.5 Å². The second kappa shape index (κ2) is 8.73. The molecule has 0 aliphatic carbocycles. The largest absolute Gasteiger partial charge is 0.480 e. The van der Waals surface area contributed by atoms with Crippen LogP contribution in [0.4, 0.5) is 10.1 Å². The van der Waals surface area contributed by atoms with Gasteiger partial charge in [-0.25, -0.2) is 15.0 Å². The molecule has 1 heterocycles. The molecule has 0 bridgehead atoms. The average Bonchev–Trinajstić information content (AvgIpc) is 2.59. The van der Waals surface area contributed by atoms with Gasteiger partial charge >= 0.3 is 5.97 Å². The maximum absolute atomic E-state index is 13.4. The standard InChI is InChI=1S/C18H24FN3O3/c1-2-12(8-10-23)3-6-17(18(24)25)22(20)16-7-9-21-15-11-13(19)4-5-14(15)16/h4-5,7,9,11-12,17,23H,2-3,6,8,10,20H2,1H3,(H,24,25). The van der Waals surface area contributed by atoms with Crippen LogP contribution < -0.4 is 10.9 Å². The molecule has 4 N–H and O–H groups in total. The maximum atomic E-state index is 13.4. The number of carboxylic acid groups (broad SMARTS) is 1. The molecule has 2 aromatic rings. The van der Waals surface area contributed by atoms with Crippen LogP contribution in [0.25, 0.3) is 10.9 Å². The molecule has 0 saturated heterocycles. The summed E-state index contributed by atoms with van der Waals surface area (Å²) in [7, 11) is 0. The molecular weight excluding hydrogens is 325 g/mol. The zero-order valence-corrected chi connectivity index (χ0v) is 14.2. The molecule has 2 atom stereocenters. The number of hydrazine groups is 1. The SMILES string of the molecule is CCC(CCO)CCC(C(=O)O)N(N)c1ccnc2cc(F)ccc12. The Morgan fingerprint density at radius 3 is 2.72 bits per heavy atom. The van der Waals surface area contributed by atoms with Gasteiger partial charge in [-0.1, -0.05) is 13.3 Å². The van der Waals surface area contributed by atoms with E-state index in [1.807, 2.05) is 6.92 Å². The lowest BCUT2D eigenvalue weighted by Gasteiger charge is -2.28. The lowest BCUT2D eigenvalue weighted by atomic mass is 9.94. The first-order chi connectivity index (χ1) is 12.0. The van der Waals surface area contributed by atoms with E-state index in [1.165, 1.54) is 23.3 Å². The number of halogens is 1. The summed E-state index contributed by atoms with van der Waals surface area (Å²) in [4.78, 5) is 15.8. The van der Waals surface area contributed by atoms with Gasteiger partial charge < -0.3 is 10.2 Å². The molecule has 25 heavy (non-hydrogen) atoms. The highest BCUT2D eigenvalue weighted by atomic mass is 19.1. The minimum Gasteiger partial charge on any atom is -0.480 e. The molecule has 2 unspecified atom stereocenters. The molecule has 2 rings (SSSR count). The van der Waals surface area contributed by atoms with E-state index in [2.05, 4.69) is 4.98 Å². The van der Waals surface area contributed by atoms with Crippen LogP contribution in [0.2, 0.25) is 0 Å². The van der Waals surface area contributed by atoms with Gasteiger partial charge in [0, 0.05) is 24.3 Å². The summed E-state index contributed by atoms with van der Waals surface area (Å²) in [5, 5.41) is 20.5. The van der Waals surface area contributed by atoms with Gasteiger partial charge in [-0.2, -0.15) is 0 Å². The maximum Gasteiger partial charge on any atom is 0.327 e. The van der Waals surface area contributed by atoms with Gasteiger partial charge in [-0.3, -0.25) is 9.99 Å². The van der Waals surface area contributed by atoms with Gasteiger partial charge in [-0.05, 0) is 43.4 Å². The fraction of sp³-hybridized carbons (Fsp3) is 0.444. The highest BCUT2D eigenvalue weighted by Gasteiger charge is 2.26. The smallest absolute Gasteiger partial charge is 0.327 e. The molecule has 1 aromatic carbocycles.